The van der Waals surface area contributed by atoms with Gasteiger partial charge in [-0.1, -0.05) is 32.9 Å². The largest absolute Gasteiger partial charge is 0.366 e. The molecule has 26 heavy (non-hydrogen) atoms. The first-order chi connectivity index (χ1) is 12.3. The normalized spacial score (nSPS) is 12.0. The van der Waals surface area contributed by atoms with E-state index in [-0.39, 0.29) is 5.41 Å². The Bertz CT molecular complexity index is 950. The van der Waals surface area contributed by atoms with Gasteiger partial charge in [-0.2, -0.15) is 0 Å². The lowest BCUT2D eigenvalue weighted by Crippen LogP contribution is -2.10. The molecule has 2 aromatic carbocycles. The van der Waals surface area contributed by atoms with Gasteiger partial charge in [-0.3, -0.25) is 4.79 Å². The molecule has 0 radical (unpaired) electrons. The maximum atomic E-state index is 10.9. The molecule has 0 unspecified atom stereocenters. The van der Waals surface area contributed by atoms with Crippen LogP contribution in [0.25, 0.3) is 16.2 Å². The Kier molecular flexibility index (Phi) is 5.39. The molecule has 1 aromatic heterocycles. The Morgan fingerprint density at radius 1 is 1.12 bits per heavy atom. The minimum atomic E-state index is -0.432. The van der Waals surface area contributed by atoms with Crippen molar-refractivity contribution in [3.63, 3.8) is 0 Å². The molecular weight excluding hydrogens is 360 g/mol. The van der Waals surface area contributed by atoms with Crippen LogP contribution in [0.3, 0.4) is 0 Å². The van der Waals surface area contributed by atoms with Crippen molar-refractivity contribution in [2.45, 2.75) is 31.1 Å². The number of thiophene rings is 1. The lowest BCUT2D eigenvalue weighted by Gasteiger charge is -2.19. The van der Waals surface area contributed by atoms with Crippen LogP contribution in [0.1, 0.15) is 31.2 Å². The van der Waals surface area contributed by atoms with Crippen molar-refractivity contribution in [2.75, 3.05) is 4.72 Å². The SMILES string of the molecule is CC(C)(C)c1ccc(SNc2ccc3sc(/C=C/C(N)=O)cc3c2)cc1. The van der Waals surface area contributed by atoms with Crippen LogP contribution in [0.2, 0.25) is 0 Å². The zero-order chi connectivity index (χ0) is 18.7. The van der Waals surface area contributed by atoms with E-state index in [1.54, 1.807) is 29.4 Å². The molecule has 0 fully saturated rings. The number of nitrogens with two attached hydrogens (primary N) is 1. The number of anilines is 1. The number of fused-ring (bicyclic) bond motifs is 1. The first-order valence-electron chi connectivity index (χ1n) is 8.36. The van der Waals surface area contributed by atoms with E-state index in [1.165, 1.54) is 21.2 Å². The highest BCUT2D eigenvalue weighted by Gasteiger charge is 2.12. The van der Waals surface area contributed by atoms with E-state index < -0.39 is 5.91 Å². The first kappa shape index (κ1) is 18.5. The number of benzene rings is 2. The molecule has 0 aliphatic carbocycles. The Labute approximate surface area is 162 Å². The van der Waals surface area contributed by atoms with Crippen LogP contribution in [-0.2, 0) is 10.2 Å². The van der Waals surface area contributed by atoms with E-state index in [2.05, 4.69) is 74.0 Å². The van der Waals surface area contributed by atoms with E-state index in [4.69, 9.17) is 5.73 Å². The van der Waals surface area contributed by atoms with Crippen molar-refractivity contribution in [1.82, 2.24) is 0 Å². The molecule has 134 valence electrons. The molecule has 0 saturated heterocycles. The molecule has 0 atom stereocenters. The Hall–Kier alpha value is -2.24. The van der Waals surface area contributed by atoms with Crippen molar-refractivity contribution in [3.8, 4) is 0 Å². The Morgan fingerprint density at radius 3 is 2.50 bits per heavy atom. The maximum absolute atomic E-state index is 10.9. The molecule has 3 aromatic rings. The van der Waals surface area contributed by atoms with Gasteiger partial charge in [0.2, 0.25) is 5.91 Å². The molecule has 1 heterocycles. The Balaban J connectivity index is 1.70. The highest BCUT2D eigenvalue weighted by Crippen LogP contribution is 2.31. The second-order valence-corrected chi connectivity index (χ2v) is 9.11. The minimum absolute atomic E-state index is 0.168. The standard InChI is InChI=1S/C21H22N2OS2/c1-21(2,3)15-4-7-17(8-5-15)26-23-16-6-10-19-14(12-16)13-18(25-19)9-11-20(22)24/h4-13,23H,1-3H3,(H2,22,24)/b11-9+. The van der Waals surface area contributed by atoms with E-state index >= 15 is 0 Å². The van der Waals surface area contributed by atoms with Gasteiger partial charge in [0, 0.05) is 26.2 Å². The Morgan fingerprint density at radius 2 is 1.85 bits per heavy atom. The zero-order valence-corrected chi connectivity index (χ0v) is 16.7. The van der Waals surface area contributed by atoms with Crippen molar-refractivity contribution in [1.29, 1.82) is 0 Å². The van der Waals surface area contributed by atoms with Gasteiger partial charge in [-0.25, -0.2) is 0 Å². The van der Waals surface area contributed by atoms with Crippen molar-refractivity contribution < 1.29 is 4.79 Å². The highest BCUT2D eigenvalue weighted by atomic mass is 32.2. The van der Waals surface area contributed by atoms with Crippen LogP contribution in [0.5, 0.6) is 0 Å². The molecular formula is C21H22N2OS2. The average Bonchev–Trinajstić information content (AvgIpc) is 3.00. The molecule has 0 spiro atoms. The summed E-state index contributed by atoms with van der Waals surface area (Å²) in [5, 5.41) is 1.15. The van der Waals surface area contributed by atoms with E-state index in [0.717, 1.165) is 16.0 Å². The third-order valence-electron chi connectivity index (χ3n) is 3.95. The molecule has 3 nitrogen and oxygen atoms in total. The van der Waals surface area contributed by atoms with Crippen LogP contribution in [0.4, 0.5) is 5.69 Å². The fourth-order valence-corrected chi connectivity index (χ4v) is 4.10. The predicted octanol–water partition coefficient (Wildman–Crippen LogP) is 5.82. The topological polar surface area (TPSA) is 55.1 Å². The zero-order valence-electron chi connectivity index (χ0n) is 15.1. The number of carbonyl (C=O) groups is 1. The van der Waals surface area contributed by atoms with Crippen molar-refractivity contribution in [2.24, 2.45) is 5.73 Å². The summed E-state index contributed by atoms with van der Waals surface area (Å²) in [5.41, 5.74) is 7.70. The summed E-state index contributed by atoms with van der Waals surface area (Å²) in [6, 6.07) is 17.0. The van der Waals surface area contributed by atoms with Gasteiger partial charge in [-0.05, 0) is 70.8 Å². The monoisotopic (exact) mass is 382 g/mol. The molecule has 3 N–H and O–H groups in total. The molecule has 1 amide bonds. The predicted molar refractivity (Wildman–Crippen MR) is 115 cm³/mol. The summed E-state index contributed by atoms with van der Waals surface area (Å²) in [4.78, 5) is 13.1. The lowest BCUT2D eigenvalue weighted by atomic mass is 9.87. The van der Waals surface area contributed by atoms with Gasteiger partial charge in [-0.15, -0.1) is 11.3 Å². The molecule has 0 aliphatic rings. The summed E-state index contributed by atoms with van der Waals surface area (Å²) in [6.07, 6.45) is 3.15. The van der Waals surface area contributed by atoms with Gasteiger partial charge in [0.25, 0.3) is 0 Å². The number of hydrogen-bond donors (Lipinski definition) is 2. The molecule has 0 aliphatic heterocycles. The summed E-state index contributed by atoms with van der Waals surface area (Å²) in [6.45, 7) is 6.66. The maximum Gasteiger partial charge on any atom is 0.241 e. The van der Waals surface area contributed by atoms with Crippen LogP contribution >= 0.6 is 23.3 Å². The summed E-state index contributed by atoms with van der Waals surface area (Å²) >= 11 is 3.24. The number of rotatable bonds is 5. The number of nitrogens with one attached hydrogen (secondary N) is 1. The highest BCUT2D eigenvalue weighted by molar-refractivity contribution is 8.00. The van der Waals surface area contributed by atoms with Crippen LogP contribution in [0, 0.1) is 0 Å². The number of primary amides is 1. The van der Waals surface area contributed by atoms with Gasteiger partial charge in [0.05, 0.1) is 0 Å². The fourth-order valence-electron chi connectivity index (χ4n) is 2.51. The molecule has 0 saturated carbocycles. The average molecular weight is 383 g/mol. The van der Waals surface area contributed by atoms with Crippen molar-refractivity contribution in [3.05, 3.63) is 65.0 Å². The van der Waals surface area contributed by atoms with Crippen LogP contribution in [-0.4, -0.2) is 5.91 Å². The van der Waals surface area contributed by atoms with Crippen LogP contribution in [0.15, 0.2) is 59.5 Å². The third kappa shape index (κ3) is 4.68. The minimum Gasteiger partial charge on any atom is -0.366 e. The second-order valence-electron chi connectivity index (χ2n) is 7.12. The van der Waals surface area contributed by atoms with Crippen LogP contribution < -0.4 is 10.5 Å². The second kappa shape index (κ2) is 7.56. The number of carbonyl (C=O) groups excluding carboxylic acids is 1. The van der Waals surface area contributed by atoms with E-state index in [0.29, 0.717) is 0 Å². The first-order valence-corrected chi connectivity index (χ1v) is 9.99. The third-order valence-corrected chi connectivity index (χ3v) is 5.88. The van der Waals surface area contributed by atoms with Crippen molar-refractivity contribution >= 4 is 51.0 Å². The quantitative estimate of drug-likeness (QED) is 0.432. The summed E-state index contributed by atoms with van der Waals surface area (Å²) in [5.74, 6) is -0.432. The number of amides is 1. The summed E-state index contributed by atoms with van der Waals surface area (Å²) in [7, 11) is 0. The van der Waals surface area contributed by atoms with E-state index in [1.807, 2.05) is 0 Å². The molecule has 5 heteroatoms. The summed E-state index contributed by atoms with van der Waals surface area (Å²) < 4.78 is 4.58. The van der Waals surface area contributed by atoms with Gasteiger partial charge in [0.15, 0.2) is 0 Å². The molecule has 3 rings (SSSR count). The van der Waals surface area contributed by atoms with Gasteiger partial charge >= 0.3 is 0 Å². The lowest BCUT2D eigenvalue weighted by molar-refractivity contribution is -0.113. The fraction of sp³-hybridized carbons (Fsp3) is 0.190. The van der Waals surface area contributed by atoms with Gasteiger partial charge in [0.1, 0.15) is 0 Å². The van der Waals surface area contributed by atoms with Gasteiger partial charge < -0.3 is 10.5 Å². The number of hydrogen-bond acceptors (Lipinski definition) is 4. The molecule has 0 bridgehead atoms. The smallest absolute Gasteiger partial charge is 0.241 e. The van der Waals surface area contributed by atoms with E-state index in [9.17, 15) is 4.79 Å².